The number of benzene rings is 3. The third-order valence-corrected chi connectivity index (χ3v) is 4.11. The molecule has 0 amide bonds. The zero-order valence-corrected chi connectivity index (χ0v) is 14.5. The summed E-state index contributed by atoms with van der Waals surface area (Å²) in [5.74, 6) is 0.645. The molecule has 0 aliphatic rings. The van der Waals surface area contributed by atoms with E-state index in [1.807, 2.05) is 54.6 Å². The Bertz CT molecular complexity index is 1030. The average molecular weight is 341 g/mol. The molecule has 1 N–H and O–H groups in total. The topological polar surface area (TPSA) is 55.1 Å². The van der Waals surface area contributed by atoms with Gasteiger partial charge in [0.15, 0.2) is 0 Å². The number of aromatic nitrogens is 3. The minimum Gasteiger partial charge on any atom is -0.324 e. The van der Waals surface area contributed by atoms with Crippen LogP contribution in [-0.2, 0) is 6.54 Å². The molecule has 128 valence electrons. The van der Waals surface area contributed by atoms with Crippen molar-refractivity contribution in [2.45, 2.75) is 13.5 Å². The van der Waals surface area contributed by atoms with Gasteiger partial charge in [0.1, 0.15) is 5.52 Å². The van der Waals surface area contributed by atoms with Crippen molar-refractivity contribution in [1.82, 2.24) is 15.0 Å². The van der Waals surface area contributed by atoms with E-state index in [0.29, 0.717) is 12.5 Å². The van der Waals surface area contributed by atoms with Crippen LogP contribution in [-0.4, -0.2) is 21.0 Å². The van der Waals surface area contributed by atoms with Gasteiger partial charge in [-0.1, -0.05) is 65.4 Å². The number of fused-ring (bicyclic) bond motifs is 1. The van der Waals surface area contributed by atoms with E-state index in [4.69, 9.17) is 4.99 Å². The molecular weight excluding hydrogens is 322 g/mol. The molecule has 0 radical (unpaired) electrons. The highest BCUT2D eigenvalue weighted by atomic mass is 15.5. The van der Waals surface area contributed by atoms with Crippen LogP contribution in [0, 0.1) is 6.92 Å². The Morgan fingerprint density at radius 1 is 0.923 bits per heavy atom. The molecule has 0 aliphatic heterocycles. The average Bonchev–Trinajstić information content (AvgIpc) is 3.11. The summed E-state index contributed by atoms with van der Waals surface area (Å²) in [5.41, 5.74) is 5.07. The van der Waals surface area contributed by atoms with Gasteiger partial charge in [0.05, 0.1) is 12.1 Å². The third kappa shape index (κ3) is 3.47. The zero-order chi connectivity index (χ0) is 17.8. The minimum atomic E-state index is 0.559. The first-order chi connectivity index (χ1) is 12.8. The second-order valence-corrected chi connectivity index (χ2v) is 6.11. The van der Waals surface area contributed by atoms with Crippen LogP contribution in [0.5, 0.6) is 0 Å². The van der Waals surface area contributed by atoms with Crippen LogP contribution < -0.4 is 5.32 Å². The molecule has 0 fully saturated rings. The molecule has 0 atom stereocenters. The van der Waals surface area contributed by atoms with Crippen molar-refractivity contribution in [1.29, 1.82) is 0 Å². The summed E-state index contributed by atoms with van der Waals surface area (Å²) in [6.07, 6.45) is 0. The van der Waals surface area contributed by atoms with E-state index < -0.39 is 0 Å². The largest absolute Gasteiger partial charge is 0.324 e. The van der Waals surface area contributed by atoms with E-state index in [0.717, 1.165) is 22.3 Å². The van der Waals surface area contributed by atoms with Crippen molar-refractivity contribution in [2.24, 2.45) is 4.99 Å². The summed E-state index contributed by atoms with van der Waals surface area (Å²) in [5, 5.41) is 11.9. The van der Waals surface area contributed by atoms with Gasteiger partial charge >= 0.3 is 0 Å². The summed E-state index contributed by atoms with van der Waals surface area (Å²) in [7, 11) is 0. The Morgan fingerprint density at radius 3 is 2.46 bits per heavy atom. The number of aliphatic imine (C=N–C) groups is 1. The van der Waals surface area contributed by atoms with Gasteiger partial charge in [-0.3, -0.25) is 0 Å². The van der Waals surface area contributed by atoms with Crippen molar-refractivity contribution in [3.63, 3.8) is 0 Å². The Hall–Kier alpha value is -3.47. The van der Waals surface area contributed by atoms with E-state index in [1.165, 1.54) is 5.56 Å². The predicted octanol–water partition coefficient (Wildman–Crippen LogP) is 4.26. The van der Waals surface area contributed by atoms with Gasteiger partial charge in [0.25, 0.3) is 0 Å². The SMILES string of the molecule is Cc1ccc(NC(=NCc2ccccc2)n2nnc3ccccc32)cc1. The summed E-state index contributed by atoms with van der Waals surface area (Å²) >= 11 is 0. The maximum absolute atomic E-state index is 4.77. The second-order valence-electron chi connectivity index (χ2n) is 6.11. The van der Waals surface area contributed by atoms with E-state index >= 15 is 0 Å². The molecule has 3 aromatic carbocycles. The van der Waals surface area contributed by atoms with E-state index in [1.54, 1.807) is 4.68 Å². The number of nitrogens with one attached hydrogen (secondary N) is 1. The van der Waals surface area contributed by atoms with Crippen LogP contribution in [0.2, 0.25) is 0 Å². The molecular formula is C21H19N5. The summed E-state index contributed by atoms with van der Waals surface area (Å²) in [6.45, 7) is 2.63. The van der Waals surface area contributed by atoms with Crippen LogP contribution in [0.25, 0.3) is 11.0 Å². The lowest BCUT2D eigenvalue weighted by molar-refractivity contribution is 0.848. The van der Waals surface area contributed by atoms with Crippen molar-refractivity contribution in [3.05, 3.63) is 90.0 Å². The van der Waals surface area contributed by atoms with Gasteiger partial charge < -0.3 is 5.32 Å². The maximum Gasteiger partial charge on any atom is 0.226 e. The smallest absolute Gasteiger partial charge is 0.226 e. The fourth-order valence-electron chi connectivity index (χ4n) is 2.70. The van der Waals surface area contributed by atoms with Crippen LogP contribution >= 0.6 is 0 Å². The lowest BCUT2D eigenvalue weighted by Gasteiger charge is -2.11. The Labute approximate surface area is 152 Å². The van der Waals surface area contributed by atoms with Crippen molar-refractivity contribution < 1.29 is 0 Å². The maximum atomic E-state index is 4.77. The highest BCUT2D eigenvalue weighted by Crippen LogP contribution is 2.14. The van der Waals surface area contributed by atoms with Crippen LogP contribution in [0.4, 0.5) is 5.69 Å². The standard InChI is InChI=1S/C21H19N5/c1-16-11-13-18(14-12-16)23-21(22-15-17-7-3-2-4-8-17)26-20-10-6-5-9-19(20)24-25-26/h2-14H,15H2,1H3,(H,22,23). The molecule has 0 saturated carbocycles. The van der Waals surface area contributed by atoms with Gasteiger partial charge in [0.2, 0.25) is 5.96 Å². The predicted molar refractivity (Wildman–Crippen MR) is 105 cm³/mol. The first kappa shape index (κ1) is 16.0. The Balaban J connectivity index is 1.72. The van der Waals surface area contributed by atoms with Crippen LogP contribution in [0.3, 0.4) is 0 Å². The van der Waals surface area contributed by atoms with Gasteiger partial charge in [-0.15, -0.1) is 5.10 Å². The van der Waals surface area contributed by atoms with Crippen LogP contribution in [0.15, 0.2) is 83.9 Å². The van der Waals surface area contributed by atoms with Crippen molar-refractivity contribution in [2.75, 3.05) is 5.32 Å². The lowest BCUT2D eigenvalue weighted by atomic mass is 10.2. The summed E-state index contributed by atoms with van der Waals surface area (Å²) in [4.78, 5) is 4.77. The van der Waals surface area contributed by atoms with Gasteiger partial charge in [-0.25, -0.2) is 4.99 Å². The molecule has 5 heteroatoms. The molecule has 4 rings (SSSR count). The Kier molecular flexibility index (Phi) is 4.43. The number of anilines is 1. The third-order valence-electron chi connectivity index (χ3n) is 4.11. The van der Waals surface area contributed by atoms with Gasteiger partial charge in [-0.2, -0.15) is 4.68 Å². The zero-order valence-electron chi connectivity index (χ0n) is 14.5. The normalized spacial score (nSPS) is 11.7. The number of nitrogens with zero attached hydrogens (tertiary/aromatic N) is 4. The molecule has 0 unspecified atom stereocenters. The molecule has 1 heterocycles. The van der Waals surface area contributed by atoms with Crippen molar-refractivity contribution in [3.8, 4) is 0 Å². The molecule has 0 saturated heterocycles. The molecule has 5 nitrogen and oxygen atoms in total. The molecule has 4 aromatic rings. The van der Waals surface area contributed by atoms with Gasteiger partial charge in [0, 0.05) is 5.69 Å². The van der Waals surface area contributed by atoms with Crippen LogP contribution in [0.1, 0.15) is 11.1 Å². The molecule has 26 heavy (non-hydrogen) atoms. The first-order valence-electron chi connectivity index (χ1n) is 8.52. The number of aryl methyl sites for hydroxylation is 1. The lowest BCUT2D eigenvalue weighted by Crippen LogP contribution is -2.23. The monoisotopic (exact) mass is 341 g/mol. The van der Waals surface area contributed by atoms with E-state index in [-0.39, 0.29) is 0 Å². The molecule has 0 bridgehead atoms. The highest BCUT2D eigenvalue weighted by Gasteiger charge is 2.10. The Morgan fingerprint density at radius 2 is 1.65 bits per heavy atom. The number of hydrogen-bond acceptors (Lipinski definition) is 3. The summed E-state index contributed by atoms with van der Waals surface area (Å²) in [6, 6.07) is 26.2. The number of hydrogen-bond donors (Lipinski definition) is 1. The minimum absolute atomic E-state index is 0.559. The van der Waals surface area contributed by atoms with E-state index in [2.05, 4.69) is 46.8 Å². The molecule has 0 aliphatic carbocycles. The molecule has 1 aromatic heterocycles. The molecule has 0 spiro atoms. The fraction of sp³-hybridized carbons (Fsp3) is 0.0952. The van der Waals surface area contributed by atoms with E-state index in [9.17, 15) is 0 Å². The fourth-order valence-corrected chi connectivity index (χ4v) is 2.70. The second kappa shape index (κ2) is 7.19. The first-order valence-corrected chi connectivity index (χ1v) is 8.52. The quantitative estimate of drug-likeness (QED) is 0.447. The number of rotatable bonds is 3. The number of para-hydroxylation sites is 1. The van der Waals surface area contributed by atoms with Gasteiger partial charge in [-0.05, 0) is 36.8 Å². The highest BCUT2D eigenvalue weighted by molar-refractivity contribution is 5.99. The van der Waals surface area contributed by atoms with Crippen molar-refractivity contribution >= 4 is 22.7 Å². The summed E-state index contributed by atoms with van der Waals surface area (Å²) < 4.78 is 1.75.